The molecular formula is C11H19N3O5. The second kappa shape index (κ2) is 6.93. The van der Waals surface area contributed by atoms with Crippen LogP contribution in [0.3, 0.4) is 0 Å². The van der Waals surface area contributed by atoms with Gasteiger partial charge in [-0.25, -0.2) is 9.59 Å². The summed E-state index contributed by atoms with van der Waals surface area (Å²) < 4.78 is 0. The highest BCUT2D eigenvalue weighted by molar-refractivity contribution is 5.87. The summed E-state index contributed by atoms with van der Waals surface area (Å²) in [6.07, 6.45) is 0.920. The number of piperidine rings is 1. The molecule has 5 N–H and O–H groups in total. The number of rotatable bonds is 5. The third-order valence-electron chi connectivity index (χ3n) is 3.16. The van der Waals surface area contributed by atoms with Gasteiger partial charge in [0.1, 0.15) is 6.04 Å². The molecule has 19 heavy (non-hydrogen) atoms. The number of nitrogens with zero attached hydrogens (tertiary/aromatic N) is 1. The minimum absolute atomic E-state index is 0.0921. The lowest BCUT2D eigenvalue weighted by atomic mass is 9.98. The van der Waals surface area contributed by atoms with Gasteiger partial charge in [0.25, 0.3) is 0 Å². The van der Waals surface area contributed by atoms with Crippen molar-refractivity contribution in [3.05, 3.63) is 0 Å². The molecule has 8 nitrogen and oxygen atoms in total. The Morgan fingerprint density at radius 1 is 1.32 bits per heavy atom. The van der Waals surface area contributed by atoms with E-state index in [1.165, 1.54) is 4.90 Å². The minimum Gasteiger partial charge on any atom is -0.480 e. The lowest BCUT2D eigenvalue weighted by Gasteiger charge is -2.31. The van der Waals surface area contributed by atoms with Gasteiger partial charge in [-0.3, -0.25) is 4.79 Å². The van der Waals surface area contributed by atoms with E-state index in [1.54, 1.807) is 0 Å². The number of amides is 3. The third-order valence-corrected chi connectivity index (χ3v) is 3.16. The Balaban J connectivity index is 2.48. The molecule has 0 aliphatic carbocycles. The number of nitrogens with two attached hydrogens (primary N) is 1. The molecule has 1 unspecified atom stereocenters. The van der Waals surface area contributed by atoms with Crippen LogP contribution >= 0.6 is 0 Å². The Labute approximate surface area is 110 Å². The molecule has 1 rings (SSSR count). The zero-order chi connectivity index (χ0) is 14.4. The number of carboxylic acid groups (broad SMARTS) is 1. The predicted molar refractivity (Wildman–Crippen MR) is 65.1 cm³/mol. The van der Waals surface area contributed by atoms with E-state index < -0.39 is 30.4 Å². The number of hydrogen-bond acceptors (Lipinski definition) is 4. The summed E-state index contributed by atoms with van der Waals surface area (Å²) in [4.78, 5) is 34.9. The van der Waals surface area contributed by atoms with Crippen molar-refractivity contribution in [2.45, 2.75) is 25.3 Å². The SMILES string of the molecule is NC(=O)CC(NC(=O)N1CCC(CO)CC1)C(=O)O. The fourth-order valence-electron chi connectivity index (χ4n) is 1.96. The molecule has 0 bridgehead atoms. The average Bonchev–Trinajstić information content (AvgIpc) is 2.37. The number of aliphatic hydroxyl groups is 1. The fourth-order valence-corrected chi connectivity index (χ4v) is 1.96. The molecule has 0 saturated carbocycles. The molecular weight excluding hydrogens is 254 g/mol. The van der Waals surface area contributed by atoms with Crippen LogP contribution in [0.4, 0.5) is 4.79 Å². The van der Waals surface area contributed by atoms with Crippen LogP contribution in [-0.4, -0.2) is 58.8 Å². The molecule has 108 valence electrons. The van der Waals surface area contributed by atoms with E-state index in [0.717, 1.165) is 0 Å². The van der Waals surface area contributed by atoms with Crippen molar-refractivity contribution in [1.82, 2.24) is 10.2 Å². The molecule has 0 aromatic carbocycles. The maximum atomic E-state index is 11.8. The van der Waals surface area contributed by atoms with Crippen molar-refractivity contribution in [2.24, 2.45) is 11.7 Å². The molecule has 0 spiro atoms. The van der Waals surface area contributed by atoms with Gasteiger partial charge in [-0.2, -0.15) is 0 Å². The van der Waals surface area contributed by atoms with Crippen molar-refractivity contribution in [3.63, 3.8) is 0 Å². The summed E-state index contributed by atoms with van der Waals surface area (Å²) in [6.45, 7) is 1.01. The molecule has 1 atom stereocenters. The van der Waals surface area contributed by atoms with Gasteiger partial charge in [0.05, 0.1) is 6.42 Å². The number of aliphatic carboxylic acids is 1. The van der Waals surface area contributed by atoms with Crippen LogP contribution in [0.1, 0.15) is 19.3 Å². The van der Waals surface area contributed by atoms with Crippen LogP contribution in [0.25, 0.3) is 0 Å². The van der Waals surface area contributed by atoms with Crippen LogP contribution in [0.2, 0.25) is 0 Å². The topological polar surface area (TPSA) is 133 Å². The van der Waals surface area contributed by atoms with Crippen LogP contribution < -0.4 is 11.1 Å². The first kappa shape index (κ1) is 15.2. The first-order valence-electron chi connectivity index (χ1n) is 6.11. The number of carbonyl (C=O) groups is 3. The molecule has 3 amide bonds. The molecule has 1 saturated heterocycles. The lowest BCUT2D eigenvalue weighted by Crippen LogP contribution is -2.51. The number of carboxylic acids is 1. The molecule has 1 heterocycles. The first-order valence-corrected chi connectivity index (χ1v) is 6.11. The highest BCUT2D eigenvalue weighted by atomic mass is 16.4. The van der Waals surface area contributed by atoms with Gasteiger partial charge in [-0.05, 0) is 18.8 Å². The summed E-state index contributed by atoms with van der Waals surface area (Å²) in [7, 11) is 0. The number of urea groups is 1. The minimum atomic E-state index is -1.31. The normalized spacial score (nSPS) is 17.8. The maximum Gasteiger partial charge on any atom is 0.326 e. The second-order valence-electron chi connectivity index (χ2n) is 4.62. The number of aliphatic hydroxyl groups excluding tert-OH is 1. The van der Waals surface area contributed by atoms with Gasteiger partial charge >= 0.3 is 12.0 Å². The zero-order valence-electron chi connectivity index (χ0n) is 10.5. The molecule has 1 fully saturated rings. The number of carbonyl (C=O) groups excluding carboxylic acids is 2. The Morgan fingerprint density at radius 2 is 1.89 bits per heavy atom. The average molecular weight is 273 g/mol. The maximum absolute atomic E-state index is 11.8. The van der Waals surface area contributed by atoms with E-state index in [1.807, 2.05) is 0 Å². The van der Waals surface area contributed by atoms with E-state index in [9.17, 15) is 14.4 Å². The highest BCUT2D eigenvalue weighted by Gasteiger charge is 2.27. The van der Waals surface area contributed by atoms with Crippen molar-refractivity contribution in [2.75, 3.05) is 19.7 Å². The summed E-state index contributed by atoms with van der Waals surface area (Å²) in [5.41, 5.74) is 4.93. The second-order valence-corrected chi connectivity index (χ2v) is 4.62. The smallest absolute Gasteiger partial charge is 0.326 e. The van der Waals surface area contributed by atoms with Crippen molar-refractivity contribution >= 4 is 17.9 Å². The third kappa shape index (κ3) is 4.74. The van der Waals surface area contributed by atoms with Crippen LogP contribution in [0.5, 0.6) is 0 Å². The molecule has 0 aromatic heterocycles. The van der Waals surface area contributed by atoms with Crippen LogP contribution in [0, 0.1) is 5.92 Å². The van der Waals surface area contributed by atoms with Gasteiger partial charge < -0.3 is 26.2 Å². The van der Waals surface area contributed by atoms with Gasteiger partial charge in [-0.1, -0.05) is 0 Å². The van der Waals surface area contributed by atoms with Crippen molar-refractivity contribution in [1.29, 1.82) is 0 Å². The first-order chi connectivity index (χ1) is 8.93. The summed E-state index contributed by atoms with van der Waals surface area (Å²) in [6, 6.07) is -1.83. The molecule has 0 radical (unpaired) electrons. The van der Waals surface area contributed by atoms with Gasteiger partial charge in [0.2, 0.25) is 5.91 Å². The van der Waals surface area contributed by atoms with Gasteiger partial charge in [0.15, 0.2) is 0 Å². The lowest BCUT2D eigenvalue weighted by molar-refractivity contribution is -0.141. The van der Waals surface area contributed by atoms with Crippen molar-refractivity contribution < 1.29 is 24.6 Å². The molecule has 1 aliphatic rings. The standard InChI is InChI=1S/C11H19N3O5/c12-9(16)5-8(10(17)18)13-11(19)14-3-1-7(6-15)2-4-14/h7-8,15H,1-6H2,(H2,12,16)(H,13,19)(H,17,18). The van der Waals surface area contributed by atoms with E-state index in [4.69, 9.17) is 15.9 Å². The Hall–Kier alpha value is -1.83. The Kier molecular flexibility index (Phi) is 5.56. The number of nitrogens with one attached hydrogen (secondary N) is 1. The molecule has 0 aromatic rings. The number of hydrogen-bond donors (Lipinski definition) is 4. The van der Waals surface area contributed by atoms with E-state index in [0.29, 0.717) is 25.9 Å². The summed E-state index contributed by atoms with van der Waals surface area (Å²) in [5, 5.41) is 20.1. The van der Waals surface area contributed by atoms with Crippen molar-refractivity contribution in [3.8, 4) is 0 Å². The summed E-state index contributed by atoms with van der Waals surface area (Å²) >= 11 is 0. The number of likely N-dealkylation sites (tertiary alicyclic amines) is 1. The van der Waals surface area contributed by atoms with Crippen LogP contribution in [0.15, 0.2) is 0 Å². The number of primary amides is 1. The van der Waals surface area contributed by atoms with Gasteiger partial charge in [-0.15, -0.1) is 0 Å². The molecule has 1 aliphatic heterocycles. The fraction of sp³-hybridized carbons (Fsp3) is 0.727. The molecule has 8 heteroatoms. The van der Waals surface area contributed by atoms with E-state index >= 15 is 0 Å². The Morgan fingerprint density at radius 3 is 2.32 bits per heavy atom. The van der Waals surface area contributed by atoms with E-state index in [2.05, 4.69) is 5.32 Å². The monoisotopic (exact) mass is 273 g/mol. The zero-order valence-corrected chi connectivity index (χ0v) is 10.5. The van der Waals surface area contributed by atoms with Crippen LogP contribution in [-0.2, 0) is 9.59 Å². The quantitative estimate of drug-likeness (QED) is 0.495. The Bertz CT molecular complexity index is 352. The summed E-state index contributed by atoms with van der Waals surface area (Å²) in [5.74, 6) is -1.89. The largest absolute Gasteiger partial charge is 0.480 e. The predicted octanol–water partition coefficient (Wildman–Crippen LogP) is -1.27. The van der Waals surface area contributed by atoms with Gasteiger partial charge in [0, 0.05) is 19.7 Å². The highest BCUT2D eigenvalue weighted by Crippen LogP contribution is 2.16. The van der Waals surface area contributed by atoms with E-state index in [-0.39, 0.29) is 12.5 Å².